The molecule has 1 N–H and O–H groups in total. The van der Waals surface area contributed by atoms with Gasteiger partial charge in [0.15, 0.2) is 5.58 Å². The second-order valence-corrected chi connectivity index (χ2v) is 5.12. The molecule has 2 aromatic carbocycles. The first kappa shape index (κ1) is 11.6. The molecule has 0 aliphatic carbocycles. The monoisotopic (exact) mass is 322 g/mol. The summed E-state index contributed by atoms with van der Waals surface area (Å²) in [7, 11) is 0. The second-order valence-electron chi connectivity index (χ2n) is 3.76. The maximum atomic E-state index is 5.82. The van der Waals surface area contributed by atoms with Crippen molar-refractivity contribution in [2.75, 3.05) is 5.32 Å². The number of nitrogens with one attached hydrogen (secondary N) is 1. The molecule has 0 aliphatic rings. The molecule has 0 bridgehead atoms. The smallest absolute Gasteiger partial charge is 0.300 e. The number of fused-ring (bicyclic) bond motifs is 1. The summed E-state index contributed by atoms with van der Waals surface area (Å²) in [6.07, 6.45) is 0. The Kier molecular flexibility index (Phi) is 2.97. The van der Waals surface area contributed by atoms with Gasteiger partial charge in [0.2, 0.25) is 0 Å². The van der Waals surface area contributed by atoms with E-state index < -0.39 is 0 Å². The van der Waals surface area contributed by atoms with Gasteiger partial charge in [-0.3, -0.25) is 0 Å². The molecule has 1 aromatic heterocycles. The van der Waals surface area contributed by atoms with Crippen molar-refractivity contribution in [3.8, 4) is 0 Å². The van der Waals surface area contributed by atoms with Crippen molar-refractivity contribution in [1.82, 2.24) is 4.98 Å². The zero-order valence-corrected chi connectivity index (χ0v) is 11.5. The van der Waals surface area contributed by atoms with E-state index in [1.165, 1.54) is 0 Å². The number of hydrogen-bond acceptors (Lipinski definition) is 3. The second kappa shape index (κ2) is 4.63. The summed E-state index contributed by atoms with van der Waals surface area (Å²) in [5.74, 6) is 0. The number of aromatic nitrogens is 1. The molecule has 3 rings (SSSR count). The zero-order chi connectivity index (χ0) is 12.5. The predicted octanol–water partition coefficient (Wildman–Crippen LogP) is 4.99. The van der Waals surface area contributed by atoms with Gasteiger partial charge in [-0.2, -0.15) is 4.98 Å². The molecule has 18 heavy (non-hydrogen) atoms. The molecule has 0 unspecified atom stereocenters. The highest BCUT2D eigenvalue weighted by atomic mass is 79.9. The van der Waals surface area contributed by atoms with Gasteiger partial charge >= 0.3 is 0 Å². The molecule has 0 radical (unpaired) electrons. The zero-order valence-electron chi connectivity index (χ0n) is 9.15. The van der Waals surface area contributed by atoms with Gasteiger partial charge in [0.05, 0.1) is 0 Å². The van der Waals surface area contributed by atoms with Crippen molar-refractivity contribution in [3.05, 3.63) is 52.0 Å². The van der Waals surface area contributed by atoms with Crippen molar-refractivity contribution in [3.63, 3.8) is 0 Å². The van der Waals surface area contributed by atoms with Crippen molar-refractivity contribution in [2.45, 2.75) is 0 Å². The molecule has 0 saturated carbocycles. The maximum absolute atomic E-state index is 5.82. The van der Waals surface area contributed by atoms with Crippen LogP contribution in [-0.2, 0) is 0 Å². The van der Waals surface area contributed by atoms with E-state index in [-0.39, 0.29) is 0 Å². The third kappa shape index (κ3) is 2.35. The highest BCUT2D eigenvalue weighted by Gasteiger charge is 2.06. The molecule has 3 aromatic rings. The van der Waals surface area contributed by atoms with Crippen LogP contribution in [0.1, 0.15) is 0 Å². The summed E-state index contributed by atoms with van der Waals surface area (Å²) in [6, 6.07) is 13.5. The number of halogens is 2. The van der Waals surface area contributed by atoms with Crippen LogP contribution in [0.4, 0.5) is 11.7 Å². The van der Waals surface area contributed by atoms with Gasteiger partial charge in [-0.15, -0.1) is 0 Å². The Morgan fingerprint density at radius 1 is 1.11 bits per heavy atom. The minimum absolute atomic E-state index is 0.463. The summed E-state index contributed by atoms with van der Waals surface area (Å²) < 4.78 is 6.56. The minimum atomic E-state index is 0.463. The minimum Gasteiger partial charge on any atom is -0.423 e. The fourth-order valence-electron chi connectivity index (χ4n) is 1.61. The molecule has 1 heterocycles. The number of benzene rings is 2. The number of oxazole rings is 1. The van der Waals surface area contributed by atoms with E-state index in [4.69, 9.17) is 16.0 Å². The number of hydrogen-bond donors (Lipinski definition) is 1. The first-order chi connectivity index (χ1) is 8.70. The normalized spacial score (nSPS) is 10.8. The van der Waals surface area contributed by atoms with E-state index in [0.29, 0.717) is 11.0 Å². The largest absolute Gasteiger partial charge is 0.423 e. The van der Waals surface area contributed by atoms with E-state index in [0.717, 1.165) is 21.3 Å². The third-order valence-corrected chi connectivity index (χ3v) is 3.19. The highest BCUT2D eigenvalue weighted by molar-refractivity contribution is 9.10. The molecular formula is C13H8BrClN2O. The quantitative estimate of drug-likeness (QED) is 0.722. The van der Waals surface area contributed by atoms with Gasteiger partial charge in [0.25, 0.3) is 6.01 Å². The SMILES string of the molecule is Clc1ccc(Nc2nc3ccc(Br)cc3o2)cc1. The van der Waals surface area contributed by atoms with Gasteiger partial charge in [-0.05, 0) is 42.5 Å². The van der Waals surface area contributed by atoms with Crippen LogP contribution in [0.15, 0.2) is 51.4 Å². The van der Waals surface area contributed by atoms with Crippen LogP contribution in [0.25, 0.3) is 11.1 Å². The van der Waals surface area contributed by atoms with Gasteiger partial charge in [-0.1, -0.05) is 27.5 Å². The molecule has 3 nitrogen and oxygen atoms in total. The van der Waals surface area contributed by atoms with E-state index in [1.807, 2.05) is 42.5 Å². The average molecular weight is 324 g/mol. The standard InChI is InChI=1S/C13H8BrClN2O/c14-8-1-6-11-12(7-8)18-13(17-11)16-10-4-2-9(15)3-5-10/h1-7H,(H,16,17). The van der Waals surface area contributed by atoms with Crippen LogP contribution >= 0.6 is 27.5 Å². The first-order valence-corrected chi connectivity index (χ1v) is 6.46. The van der Waals surface area contributed by atoms with Crippen LogP contribution in [0.2, 0.25) is 5.02 Å². The molecule has 0 saturated heterocycles. The van der Waals surface area contributed by atoms with Crippen molar-refractivity contribution in [2.24, 2.45) is 0 Å². The topological polar surface area (TPSA) is 38.1 Å². The number of rotatable bonds is 2. The lowest BCUT2D eigenvalue weighted by molar-refractivity contribution is 0.623. The predicted molar refractivity (Wildman–Crippen MR) is 76.4 cm³/mol. The highest BCUT2D eigenvalue weighted by Crippen LogP contribution is 2.25. The summed E-state index contributed by atoms with van der Waals surface area (Å²) >= 11 is 9.22. The summed E-state index contributed by atoms with van der Waals surface area (Å²) in [6.45, 7) is 0. The Labute approximate surface area is 117 Å². The average Bonchev–Trinajstić information content (AvgIpc) is 2.73. The lowest BCUT2D eigenvalue weighted by atomic mass is 10.3. The Morgan fingerprint density at radius 2 is 1.89 bits per heavy atom. The van der Waals surface area contributed by atoms with Crippen LogP contribution in [0.5, 0.6) is 0 Å². The van der Waals surface area contributed by atoms with Gasteiger partial charge in [-0.25, -0.2) is 0 Å². The van der Waals surface area contributed by atoms with Crippen LogP contribution in [-0.4, -0.2) is 4.98 Å². The summed E-state index contributed by atoms with van der Waals surface area (Å²) in [5.41, 5.74) is 2.43. The molecule has 90 valence electrons. The molecular weight excluding hydrogens is 316 g/mol. The van der Waals surface area contributed by atoms with E-state index in [9.17, 15) is 0 Å². The maximum Gasteiger partial charge on any atom is 0.300 e. The number of nitrogens with zero attached hydrogens (tertiary/aromatic N) is 1. The van der Waals surface area contributed by atoms with Crippen molar-refractivity contribution >= 4 is 50.3 Å². The molecule has 0 spiro atoms. The first-order valence-electron chi connectivity index (χ1n) is 5.29. The van der Waals surface area contributed by atoms with E-state index in [2.05, 4.69) is 26.2 Å². The molecule has 0 amide bonds. The van der Waals surface area contributed by atoms with Crippen molar-refractivity contribution < 1.29 is 4.42 Å². The van der Waals surface area contributed by atoms with Gasteiger partial charge in [0.1, 0.15) is 5.52 Å². The molecule has 0 aliphatic heterocycles. The van der Waals surface area contributed by atoms with Crippen LogP contribution in [0, 0.1) is 0 Å². The fourth-order valence-corrected chi connectivity index (χ4v) is 2.07. The van der Waals surface area contributed by atoms with E-state index >= 15 is 0 Å². The lowest BCUT2D eigenvalue weighted by Crippen LogP contribution is -1.88. The van der Waals surface area contributed by atoms with Crippen LogP contribution in [0.3, 0.4) is 0 Å². The van der Waals surface area contributed by atoms with Gasteiger partial charge in [0, 0.05) is 15.2 Å². The summed E-state index contributed by atoms with van der Waals surface area (Å²) in [4.78, 5) is 4.34. The Hall–Kier alpha value is -1.52. The van der Waals surface area contributed by atoms with E-state index in [1.54, 1.807) is 0 Å². The lowest BCUT2D eigenvalue weighted by Gasteiger charge is -2.00. The Bertz CT molecular complexity index is 694. The number of anilines is 2. The molecule has 0 fully saturated rings. The summed E-state index contributed by atoms with van der Waals surface area (Å²) in [5, 5.41) is 3.78. The van der Waals surface area contributed by atoms with Crippen molar-refractivity contribution in [1.29, 1.82) is 0 Å². The van der Waals surface area contributed by atoms with Crippen LogP contribution < -0.4 is 5.32 Å². The molecule has 5 heteroatoms. The Balaban J connectivity index is 1.92. The fraction of sp³-hybridized carbons (Fsp3) is 0. The Morgan fingerprint density at radius 3 is 2.67 bits per heavy atom. The third-order valence-electron chi connectivity index (χ3n) is 2.45. The molecule has 0 atom stereocenters. The van der Waals surface area contributed by atoms with Gasteiger partial charge < -0.3 is 9.73 Å².